The van der Waals surface area contributed by atoms with Crippen LogP contribution in [-0.2, 0) is 12.7 Å². The van der Waals surface area contributed by atoms with Crippen LogP contribution in [0.15, 0.2) is 12.3 Å². The summed E-state index contributed by atoms with van der Waals surface area (Å²) < 4.78 is 37.6. The minimum atomic E-state index is -4.36. The maximum absolute atomic E-state index is 12.1. The fourth-order valence-corrected chi connectivity index (χ4v) is 0.973. The monoisotopic (exact) mass is 207 g/mol. The Bertz CT molecular complexity index is 290. The van der Waals surface area contributed by atoms with Gasteiger partial charge in [0.2, 0.25) is 0 Å². The lowest BCUT2D eigenvalue weighted by molar-refractivity contribution is -0.141. The first-order valence-electron chi connectivity index (χ1n) is 4.26. The van der Waals surface area contributed by atoms with E-state index in [9.17, 15) is 13.2 Å². The third-order valence-electron chi connectivity index (χ3n) is 1.74. The standard InChI is InChI=1S/C8H12F3N3/c1-6(12)2-4-14-5-3-7(13-14)8(9,10)11/h3,5-6H,2,4,12H2,1H3. The maximum Gasteiger partial charge on any atom is 0.435 e. The van der Waals surface area contributed by atoms with Crippen LogP contribution in [-0.4, -0.2) is 15.8 Å². The normalized spacial score (nSPS) is 14.4. The second-order valence-corrected chi connectivity index (χ2v) is 3.23. The van der Waals surface area contributed by atoms with E-state index >= 15 is 0 Å². The van der Waals surface area contributed by atoms with Gasteiger partial charge < -0.3 is 5.73 Å². The minimum Gasteiger partial charge on any atom is -0.328 e. The lowest BCUT2D eigenvalue weighted by atomic mass is 10.2. The van der Waals surface area contributed by atoms with E-state index in [1.165, 1.54) is 10.9 Å². The predicted octanol–water partition coefficient (Wildman–Crippen LogP) is 1.64. The lowest BCUT2D eigenvalue weighted by Crippen LogP contribution is -2.18. The number of hydrogen-bond donors (Lipinski definition) is 1. The molecule has 6 heteroatoms. The zero-order chi connectivity index (χ0) is 10.8. The first kappa shape index (κ1) is 11.0. The summed E-state index contributed by atoms with van der Waals surface area (Å²) in [6.07, 6.45) is -2.44. The molecule has 80 valence electrons. The Balaban J connectivity index is 2.60. The first-order chi connectivity index (χ1) is 6.39. The van der Waals surface area contributed by atoms with Crippen molar-refractivity contribution in [1.82, 2.24) is 9.78 Å². The van der Waals surface area contributed by atoms with Crippen molar-refractivity contribution in [3.05, 3.63) is 18.0 Å². The molecule has 0 amide bonds. The van der Waals surface area contributed by atoms with E-state index in [0.29, 0.717) is 13.0 Å². The molecule has 0 aliphatic rings. The minimum absolute atomic E-state index is 0.0338. The van der Waals surface area contributed by atoms with Crippen molar-refractivity contribution in [2.45, 2.75) is 32.1 Å². The Kier molecular flexibility index (Phi) is 3.15. The molecule has 0 aliphatic carbocycles. The summed E-state index contributed by atoms with van der Waals surface area (Å²) in [4.78, 5) is 0. The Labute approximate surface area is 79.7 Å². The number of rotatable bonds is 3. The average Bonchev–Trinajstić information content (AvgIpc) is 2.47. The van der Waals surface area contributed by atoms with E-state index in [-0.39, 0.29) is 6.04 Å². The van der Waals surface area contributed by atoms with Gasteiger partial charge in [-0.3, -0.25) is 4.68 Å². The fraction of sp³-hybridized carbons (Fsp3) is 0.625. The molecule has 0 radical (unpaired) electrons. The largest absolute Gasteiger partial charge is 0.435 e. The van der Waals surface area contributed by atoms with Crippen LogP contribution in [0.4, 0.5) is 13.2 Å². The Morgan fingerprint density at radius 2 is 2.21 bits per heavy atom. The van der Waals surface area contributed by atoms with Crippen LogP contribution in [0.5, 0.6) is 0 Å². The molecular formula is C8H12F3N3. The highest BCUT2D eigenvalue weighted by Crippen LogP contribution is 2.27. The van der Waals surface area contributed by atoms with Crippen molar-refractivity contribution in [3.63, 3.8) is 0 Å². The number of halogens is 3. The number of nitrogens with two attached hydrogens (primary N) is 1. The molecule has 0 spiro atoms. The van der Waals surface area contributed by atoms with E-state index in [4.69, 9.17) is 5.73 Å². The third-order valence-corrected chi connectivity index (χ3v) is 1.74. The van der Waals surface area contributed by atoms with Crippen molar-refractivity contribution in [2.75, 3.05) is 0 Å². The second kappa shape index (κ2) is 4.00. The second-order valence-electron chi connectivity index (χ2n) is 3.23. The molecule has 0 saturated carbocycles. The van der Waals surface area contributed by atoms with Crippen LogP contribution < -0.4 is 5.73 Å². The Hall–Kier alpha value is -1.04. The number of nitrogens with zero attached hydrogens (tertiary/aromatic N) is 2. The molecule has 1 aromatic heterocycles. The van der Waals surface area contributed by atoms with Gasteiger partial charge in [0, 0.05) is 18.8 Å². The van der Waals surface area contributed by atoms with Gasteiger partial charge in [0.1, 0.15) is 0 Å². The van der Waals surface area contributed by atoms with Gasteiger partial charge in [0.15, 0.2) is 5.69 Å². The van der Waals surface area contributed by atoms with Gasteiger partial charge in [-0.05, 0) is 19.4 Å². The molecule has 1 rings (SSSR count). The fourth-order valence-electron chi connectivity index (χ4n) is 0.973. The Morgan fingerprint density at radius 1 is 1.57 bits per heavy atom. The molecule has 2 N–H and O–H groups in total. The summed E-state index contributed by atoms with van der Waals surface area (Å²) in [6, 6.07) is 0.926. The van der Waals surface area contributed by atoms with E-state index in [1.54, 1.807) is 6.92 Å². The Morgan fingerprint density at radius 3 is 2.64 bits per heavy atom. The van der Waals surface area contributed by atoms with Crippen LogP contribution >= 0.6 is 0 Å². The van der Waals surface area contributed by atoms with Gasteiger partial charge in [0.05, 0.1) is 0 Å². The van der Waals surface area contributed by atoms with Gasteiger partial charge in [-0.25, -0.2) is 0 Å². The van der Waals surface area contributed by atoms with Crippen molar-refractivity contribution < 1.29 is 13.2 Å². The van der Waals surface area contributed by atoms with Gasteiger partial charge in [-0.2, -0.15) is 18.3 Å². The molecule has 0 aliphatic heterocycles. The summed E-state index contributed by atoms with van der Waals surface area (Å²) in [5.74, 6) is 0. The molecule has 1 aromatic rings. The molecule has 1 heterocycles. The smallest absolute Gasteiger partial charge is 0.328 e. The molecule has 0 aromatic carbocycles. The molecule has 0 fully saturated rings. The van der Waals surface area contributed by atoms with Crippen LogP contribution in [0.3, 0.4) is 0 Å². The summed E-state index contributed by atoms with van der Waals surface area (Å²) in [6.45, 7) is 2.21. The molecule has 14 heavy (non-hydrogen) atoms. The van der Waals surface area contributed by atoms with Gasteiger partial charge >= 0.3 is 6.18 Å². The van der Waals surface area contributed by atoms with Crippen molar-refractivity contribution in [2.24, 2.45) is 5.73 Å². The first-order valence-corrected chi connectivity index (χ1v) is 4.26. The SMILES string of the molecule is CC(N)CCn1ccc(C(F)(F)F)n1. The molecule has 1 atom stereocenters. The van der Waals surface area contributed by atoms with Crippen LogP contribution in [0.2, 0.25) is 0 Å². The highest BCUT2D eigenvalue weighted by Gasteiger charge is 2.33. The molecule has 3 nitrogen and oxygen atoms in total. The van der Waals surface area contributed by atoms with Crippen molar-refractivity contribution in [3.8, 4) is 0 Å². The van der Waals surface area contributed by atoms with Gasteiger partial charge in [-0.1, -0.05) is 0 Å². The van der Waals surface area contributed by atoms with Gasteiger partial charge in [0.25, 0.3) is 0 Å². The summed E-state index contributed by atoms with van der Waals surface area (Å²) in [5.41, 5.74) is 4.61. The third kappa shape index (κ3) is 3.02. The van der Waals surface area contributed by atoms with Gasteiger partial charge in [-0.15, -0.1) is 0 Å². The summed E-state index contributed by atoms with van der Waals surface area (Å²) >= 11 is 0. The molecule has 1 unspecified atom stereocenters. The number of hydrogen-bond acceptors (Lipinski definition) is 2. The quantitative estimate of drug-likeness (QED) is 0.818. The molecule has 0 saturated heterocycles. The average molecular weight is 207 g/mol. The highest BCUT2D eigenvalue weighted by molar-refractivity contribution is 5.03. The lowest BCUT2D eigenvalue weighted by Gasteiger charge is -2.05. The van der Waals surface area contributed by atoms with Crippen LogP contribution in [0.25, 0.3) is 0 Å². The maximum atomic E-state index is 12.1. The summed E-state index contributed by atoms with van der Waals surface area (Å²) in [7, 11) is 0. The number of alkyl halides is 3. The van der Waals surface area contributed by atoms with Crippen molar-refractivity contribution >= 4 is 0 Å². The van der Waals surface area contributed by atoms with E-state index in [0.717, 1.165) is 6.07 Å². The van der Waals surface area contributed by atoms with Crippen molar-refractivity contribution in [1.29, 1.82) is 0 Å². The highest BCUT2D eigenvalue weighted by atomic mass is 19.4. The predicted molar refractivity (Wildman–Crippen MR) is 45.5 cm³/mol. The topological polar surface area (TPSA) is 43.8 Å². The van der Waals surface area contributed by atoms with E-state index in [1.807, 2.05) is 0 Å². The van der Waals surface area contributed by atoms with E-state index in [2.05, 4.69) is 5.10 Å². The van der Waals surface area contributed by atoms with E-state index < -0.39 is 11.9 Å². The zero-order valence-electron chi connectivity index (χ0n) is 7.75. The molecule has 0 bridgehead atoms. The van der Waals surface area contributed by atoms with Crippen LogP contribution in [0.1, 0.15) is 19.0 Å². The zero-order valence-corrected chi connectivity index (χ0v) is 7.75. The van der Waals surface area contributed by atoms with Crippen LogP contribution in [0, 0.1) is 0 Å². The molecular weight excluding hydrogens is 195 g/mol. The summed E-state index contributed by atoms with van der Waals surface area (Å²) in [5, 5.41) is 3.39. The number of aromatic nitrogens is 2. The number of aryl methyl sites for hydroxylation is 1.